The van der Waals surface area contributed by atoms with Crippen molar-refractivity contribution in [1.29, 1.82) is 0 Å². The summed E-state index contributed by atoms with van der Waals surface area (Å²) < 4.78 is 26.0. The zero-order valence-corrected chi connectivity index (χ0v) is 8.97. The molecule has 0 aromatic heterocycles. The van der Waals surface area contributed by atoms with E-state index in [2.05, 4.69) is 5.32 Å². The molecule has 1 rings (SSSR count). The van der Waals surface area contributed by atoms with Crippen molar-refractivity contribution in [1.82, 2.24) is 5.32 Å². The van der Waals surface area contributed by atoms with Crippen LogP contribution in [0, 0.1) is 11.6 Å². The third-order valence-corrected chi connectivity index (χ3v) is 2.03. The van der Waals surface area contributed by atoms with Crippen molar-refractivity contribution in [2.45, 2.75) is 13.3 Å². The molecule has 0 radical (unpaired) electrons. The molecule has 2 nitrogen and oxygen atoms in total. The summed E-state index contributed by atoms with van der Waals surface area (Å²) in [6.07, 6.45) is 4.40. The highest BCUT2D eigenvalue weighted by Gasteiger charge is 2.13. The zero-order chi connectivity index (χ0) is 12.0. The van der Waals surface area contributed by atoms with E-state index in [0.717, 1.165) is 6.07 Å². The zero-order valence-electron chi connectivity index (χ0n) is 8.97. The summed E-state index contributed by atoms with van der Waals surface area (Å²) in [6, 6.07) is 3.54. The molecule has 1 amide bonds. The fourth-order valence-corrected chi connectivity index (χ4v) is 1.21. The second-order valence-electron chi connectivity index (χ2n) is 3.21. The van der Waals surface area contributed by atoms with Gasteiger partial charge in [-0.15, -0.1) is 0 Å². The van der Waals surface area contributed by atoms with Crippen LogP contribution >= 0.6 is 0 Å². The Hall–Kier alpha value is -1.71. The van der Waals surface area contributed by atoms with Gasteiger partial charge in [-0.05, 0) is 25.5 Å². The van der Waals surface area contributed by atoms with Crippen LogP contribution in [0.5, 0.6) is 0 Å². The Morgan fingerprint density at radius 1 is 1.44 bits per heavy atom. The quantitative estimate of drug-likeness (QED) is 0.619. The van der Waals surface area contributed by atoms with Crippen LogP contribution in [0.2, 0.25) is 0 Å². The first-order chi connectivity index (χ1) is 7.66. The SMILES string of the molecule is C/C=C/CCNC(=O)c1cccc(F)c1F. The fourth-order valence-electron chi connectivity index (χ4n) is 1.21. The molecule has 0 spiro atoms. The van der Waals surface area contributed by atoms with Crippen LogP contribution in [0.15, 0.2) is 30.4 Å². The molecule has 0 aliphatic rings. The average Bonchev–Trinajstić information content (AvgIpc) is 2.28. The van der Waals surface area contributed by atoms with E-state index in [0.29, 0.717) is 13.0 Å². The van der Waals surface area contributed by atoms with Crippen LogP contribution in [0.3, 0.4) is 0 Å². The molecular weight excluding hydrogens is 212 g/mol. The lowest BCUT2D eigenvalue weighted by Gasteiger charge is -2.04. The van der Waals surface area contributed by atoms with E-state index in [1.807, 2.05) is 19.1 Å². The molecule has 0 fully saturated rings. The van der Waals surface area contributed by atoms with Gasteiger partial charge in [0.15, 0.2) is 11.6 Å². The first-order valence-corrected chi connectivity index (χ1v) is 5.00. The molecule has 16 heavy (non-hydrogen) atoms. The van der Waals surface area contributed by atoms with E-state index in [4.69, 9.17) is 0 Å². The highest BCUT2D eigenvalue weighted by molar-refractivity contribution is 5.94. The van der Waals surface area contributed by atoms with Gasteiger partial charge in [-0.2, -0.15) is 0 Å². The normalized spacial score (nSPS) is 10.7. The van der Waals surface area contributed by atoms with E-state index in [1.165, 1.54) is 12.1 Å². The maximum absolute atomic E-state index is 13.2. The van der Waals surface area contributed by atoms with Gasteiger partial charge < -0.3 is 5.32 Å². The molecule has 4 heteroatoms. The second kappa shape index (κ2) is 6.00. The molecule has 1 aromatic rings. The van der Waals surface area contributed by atoms with E-state index in [1.54, 1.807) is 0 Å². The summed E-state index contributed by atoms with van der Waals surface area (Å²) in [5.74, 6) is -2.71. The molecule has 0 heterocycles. The van der Waals surface area contributed by atoms with Gasteiger partial charge in [-0.3, -0.25) is 4.79 Å². The van der Waals surface area contributed by atoms with E-state index < -0.39 is 17.5 Å². The number of rotatable bonds is 4. The third kappa shape index (κ3) is 3.15. The van der Waals surface area contributed by atoms with Crippen molar-refractivity contribution in [3.8, 4) is 0 Å². The van der Waals surface area contributed by atoms with Gasteiger partial charge >= 0.3 is 0 Å². The molecule has 0 atom stereocenters. The molecule has 1 N–H and O–H groups in total. The molecule has 0 aliphatic carbocycles. The van der Waals surface area contributed by atoms with Gasteiger partial charge in [-0.25, -0.2) is 8.78 Å². The van der Waals surface area contributed by atoms with Gasteiger partial charge in [0.25, 0.3) is 5.91 Å². The van der Waals surface area contributed by atoms with Gasteiger partial charge in [0.05, 0.1) is 5.56 Å². The molecule has 0 bridgehead atoms. The van der Waals surface area contributed by atoms with Gasteiger partial charge in [0.1, 0.15) is 0 Å². The lowest BCUT2D eigenvalue weighted by molar-refractivity contribution is 0.0949. The number of carbonyl (C=O) groups excluding carboxylic acids is 1. The number of halogens is 2. The molecule has 0 saturated carbocycles. The summed E-state index contributed by atoms with van der Waals surface area (Å²) in [6.45, 7) is 2.27. The van der Waals surface area contributed by atoms with Crippen LogP contribution in [0.1, 0.15) is 23.7 Å². The van der Waals surface area contributed by atoms with E-state index in [-0.39, 0.29) is 5.56 Å². The number of allylic oxidation sites excluding steroid dienone is 1. The number of amides is 1. The predicted octanol–water partition coefficient (Wildman–Crippen LogP) is 2.66. The van der Waals surface area contributed by atoms with Crippen molar-refractivity contribution in [2.24, 2.45) is 0 Å². The number of benzene rings is 1. The highest BCUT2D eigenvalue weighted by Crippen LogP contribution is 2.10. The summed E-state index contributed by atoms with van der Waals surface area (Å²) >= 11 is 0. The van der Waals surface area contributed by atoms with Crippen LogP contribution in [-0.4, -0.2) is 12.5 Å². The minimum atomic E-state index is -1.11. The molecule has 0 aliphatic heterocycles. The summed E-state index contributed by atoms with van der Waals surface area (Å²) in [5, 5.41) is 2.50. The Bertz CT molecular complexity index is 402. The molecular formula is C12H13F2NO. The highest BCUT2D eigenvalue weighted by atomic mass is 19.2. The minimum absolute atomic E-state index is 0.263. The molecule has 0 unspecified atom stereocenters. The molecule has 1 aromatic carbocycles. The topological polar surface area (TPSA) is 29.1 Å². The third-order valence-electron chi connectivity index (χ3n) is 2.03. The molecule has 0 saturated heterocycles. The predicted molar refractivity (Wildman–Crippen MR) is 58.1 cm³/mol. The fraction of sp³-hybridized carbons (Fsp3) is 0.250. The summed E-state index contributed by atoms with van der Waals surface area (Å²) in [7, 11) is 0. The number of hydrogen-bond acceptors (Lipinski definition) is 1. The minimum Gasteiger partial charge on any atom is -0.352 e. The lowest BCUT2D eigenvalue weighted by Crippen LogP contribution is -2.25. The first kappa shape index (κ1) is 12.4. The smallest absolute Gasteiger partial charge is 0.254 e. The van der Waals surface area contributed by atoms with Crippen LogP contribution < -0.4 is 5.32 Å². The number of carbonyl (C=O) groups is 1. The van der Waals surface area contributed by atoms with Crippen LogP contribution in [-0.2, 0) is 0 Å². The Balaban J connectivity index is 2.63. The van der Waals surface area contributed by atoms with Crippen molar-refractivity contribution >= 4 is 5.91 Å². The Morgan fingerprint density at radius 3 is 2.88 bits per heavy atom. The summed E-state index contributed by atoms with van der Waals surface area (Å²) in [5.41, 5.74) is -0.263. The van der Waals surface area contributed by atoms with E-state index >= 15 is 0 Å². The van der Waals surface area contributed by atoms with Gasteiger partial charge in [-0.1, -0.05) is 18.2 Å². The first-order valence-electron chi connectivity index (χ1n) is 5.00. The van der Waals surface area contributed by atoms with Crippen LogP contribution in [0.25, 0.3) is 0 Å². The van der Waals surface area contributed by atoms with Crippen molar-refractivity contribution in [3.05, 3.63) is 47.5 Å². The Morgan fingerprint density at radius 2 is 2.19 bits per heavy atom. The van der Waals surface area contributed by atoms with Gasteiger partial charge in [0.2, 0.25) is 0 Å². The number of hydrogen-bond donors (Lipinski definition) is 1. The lowest BCUT2D eigenvalue weighted by atomic mass is 10.2. The van der Waals surface area contributed by atoms with Crippen LogP contribution in [0.4, 0.5) is 8.78 Å². The number of nitrogens with one attached hydrogen (secondary N) is 1. The Kier molecular flexibility index (Phi) is 4.64. The standard InChI is InChI=1S/C12H13F2NO/c1-2-3-4-8-15-12(16)9-6-5-7-10(13)11(9)14/h2-3,5-7H,4,8H2,1H3,(H,15,16)/b3-2+. The van der Waals surface area contributed by atoms with E-state index in [9.17, 15) is 13.6 Å². The van der Waals surface area contributed by atoms with Crippen molar-refractivity contribution < 1.29 is 13.6 Å². The maximum Gasteiger partial charge on any atom is 0.254 e. The summed E-state index contributed by atoms with van der Waals surface area (Å²) in [4.78, 5) is 11.4. The monoisotopic (exact) mass is 225 g/mol. The largest absolute Gasteiger partial charge is 0.352 e. The molecule has 86 valence electrons. The van der Waals surface area contributed by atoms with Crippen molar-refractivity contribution in [3.63, 3.8) is 0 Å². The second-order valence-corrected chi connectivity index (χ2v) is 3.21. The van der Waals surface area contributed by atoms with Crippen molar-refractivity contribution in [2.75, 3.05) is 6.54 Å². The maximum atomic E-state index is 13.2. The van der Waals surface area contributed by atoms with Gasteiger partial charge in [0, 0.05) is 6.54 Å². The average molecular weight is 225 g/mol. The Labute approximate surface area is 93.0 Å².